The van der Waals surface area contributed by atoms with Gasteiger partial charge in [0.2, 0.25) is 5.91 Å². The molecule has 3 heterocycles. The molecule has 5 heteroatoms. The number of hydrogen-bond donors (Lipinski definition) is 0. The van der Waals surface area contributed by atoms with Crippen LogP contribution in [0.3, 0.4) is 0 Å². The molecule has 96 valence electrons. The molecule has 0 bridgehead atoms. The fourth-order valence-electron chi connectivity index (χ4n) is 2.93. The summed E-state index contributed by atoms with van der Waals surface area (Å²) in [6.45, 7) is 6.13. The van der Waals surface area contributed by atoms with Crippen LogP contribution in [0.15, 0.2) is 12.7 Å². The third-order valence-corrected chi connectivity index (χ3v) is 3.93. The molecule has 1 amide bonds. The zero-order valence-electron chi connectivity index (χ0n) is 10.5. The van der Waals surface area contributed by atoms with Crippen LogP contribution in [0.5, 0.6) is 0 Å². The number of fused-ring (bicyclic) bond motifs is 1. The van der Waals surface area contributed by atoms with Gasteiger partial charge in [-0.25, -0.2) is 0 Å². The Kier molecular flexibility index (Phi) is 2.89. The molecule has 0 aliphatic carbocycles. The summed E-state index contributed by atoms with van der Waals surface area (Å²) in [6.07, 6.45) is 5.83. The highest BCUT2D eigenvalue weighted by molar-refractivity contribution is 5.87. The Morgan fingerprint density at radius 1 is 1.33 bits per heavy atom. The van der Waals surface area contributed by atoms with E-state index in [1.807, 2.05) is 4.90 Å². The van der Waals surface area contributed by atoms with Crippen molar-refractivity contribution in [3.8, 4) is 0 Å². The Labute approximate surface area is 106 Å². The van der Waals surface area contributed by atoms with E-state index in [4.69, 9.17) is 0 Å². The van der Waals surface area contributed by atoms with Crippen molar-refractivity contribution in [2.75, 3.05) is 13.1 Å². The minimum absolute atomic E-state index is 0.0240. The SMILES string of the molecule is C=CC(=O)N1CCC(c2nnc3n2CCCC3)C1. The van der Waals surface area contributed by atoms with E-state index in [0.29, 0.717) is 5.92 Å². The second-order valence-electron chi connectivity index (χ2n) is 5.06. The van der Waals surface area contributed by atoms with Crippen LogP contribution in [0.2, 0.25) is 0 Å². The van der Waals surface area contributed by atoms with E-state index < -0.39 is 0 Å². The summed E-state index contributed by atoms with van der Waals surface area (Å²) < 4.78 is 2.26. The van der Waals surface area contributed by atoms with Crippen molar-refractivity contribution in [1.29, 1.82) is 0 Å². The summed E-state index contributed by atoms with van der Waals surface area (Å²) in [5.41, 5.74) is 0. The Bertz CT molecular complexity index is 479. The Morgan fingerprint density at radius 2 is 2.22 bits per heavy atom. The monoisotopic (exact) mass is 246 g/mol. The second-order valence-corrected chi connectivity index (χ2v) is 5.06. The van der Waals surface area contributed by atoms with Gasteiger partial charge in [-0.3, -0.25) is 4.79 Å². The van der Waals surface area contributed by atoms with Crippen molar-refractivity contribution in [1.82, 2.24) is 19.7 Å². The number of likely N-dealkylation sites (tertiary alicyclic amines) is 1. The van der Waals surface area contributed by atoms with Crippen LogP contribution < -0.4 is 0 Å². The first-order valence-corrected chi connectivity index (χ1v) is 6.63. The lowest BCUT2D eigenvalue weighted by atomic mass is 10.1. The normalized spacial score (nSPS) is 22.9. The maximum absolute atomic E-state index is 11.6. The average molecular weight is 246 g/mol. The molecule has 1 saturated heterocycles. The van der Waals surface area contributed by atoms with Gasteiger partial charge in [0.15, 0.2) is 0 Å². The molecule has 1 atom stereocenters. The maximum Gasteiger partial charge on any atom is 0.245 e. The number of nitrogens with zero attached hydrogens (tertiary/aromatic N) is 4. The van der Waals surface area contributed by atoms with E-state index >= 15 is 0 Å². The molecule has 18 heavy (non-hydrogen) atoms. The van der Waals surface area contributed by atoms with Crippen molar-refractivity contribution >= 4 is 5.91 Å². The van der Waals surface area contributed by atoms with Crippen molar-refractivity contribution < 1.29 is 4.79 Å². The van der Waals surface area contributed by atoms with Crippen molar-refractivity contribution in [2.24, 2.45) is 0 Å². The van der Waals surface area contributed by atoms with Crippen LogP contribution in [0.25, 0.3) is 0 Å². The summed E-state index contributed by atoms with van der Waals surface area (Å²) >= 11 is 0. The van der Waals surface area contributed by atoms with Crippen molar-refractivity contribution in [2.45, 2.75) is 38.1 Å². The number of amides is 1. The first kappa shape index (κ1) is 11.4. The van der Waals surface area contributed by atoms with Crippen LogP contribution in [0.4, 0.5) is 0 Å². The maximum atomic E-state index is 11.6. The topological polar surface area (TPSA) is 51.0 Å². The van der Waals surface area contributed by atoms with Crippen molar-refractivity contribution in [3.05, 3.63) is 24.3 Å². The number of hydrogen-bond acceptors (Lipinski definition) is 3. The van der Waals surface area contributed by atoms with E-state index in [9.17, 15) is 4.79 Å². The molecule has 5 nitrogen and oxygen atoms in total. The van der Waals surface area contributed by atoms with Gasteiger partial charge in [0.1, 0.15) is 11.6 Å². The largest absolute Gasteiger partial charge is 0.338 e. The summed E-state index contributed by atoms with van der Waals surface area (Å²) in [6, 6.07) is 0. The molecule has 2 aliphatic rings. The van der Waals surface area contributed by atoms with E-state index in [0.717, 1.165) is 44.1 Å². The highest BCUT2D eigenvalue weighted by Crippen LogP contribution is 2.28. The predicted octanol–water partition coefficient (Wildman–Crippen LogP) is 1.12. The Hall–Kier alpha value is -1.65. The van der Waals surface area contributed by atoms with E-state index in [1.165, 1.54) is 18.9 Å². The molecule has 1 unspecified atom stereocenters. The van der Waals surface area contributed by atoms with Crippen LogP contribution in [0, 0.1) is 0 Å². The molecule has 0 spiro atoms. The van der Waals surface area contributed by atoms with Crippen LogP contribution in [0.1, 0.15) is 36.8 Å². The lowest BCUT2D eigenvalue weighted by molar-refractivity contribution is -0.125. The van der Waals surface area contributed by atoms with Gasteiger partial charge < -0.3 is 9.47 Å². The fraction of sp³-hybridized carbons (Fsp3) is 0.615. The number of carbonyl (C=O) groups is 1. The zero-order chi connectivity index (χ0) is 12.5. The third-order valence-electron chi connectivity index (χ3n) is 3.93. The minimum atomic E-state index is 0.0240. The van der Waals surface area contributed by atoms with Gasteiger partial charge in [0.05, 0.1) is 0 Å². The number of aryl methyl sites for hydroxylation is 1. The van der Waals surface area contributed by atoms with Crippen LogP contribution in [-0.4, -0.2) is 38.7 Å². The first-order valence-electron chi connectivity index (χ1n) is 6.63. The second kappa shape index (κ2) is 4.55. The minimum Gasteiger partial charge on any atom is -0.338 e. The lowest BCUT2D eigenvalue weighted by Crippen LogP contribution is -2.27. The molecular weight excluding hydrogens is 228 g/mol. The van der Waals surface area contributed by atoms with E-state index in [-0.39, 0.29) is 5.91 Å². The van der Waals surface area contributed by atoms with Gasteiger partial charge in [-0.1, -0.05) is 6.58 Å². The summed E-state index contributed by atoms with van der Waals surface area (Å²) in [5, 5.41) is 8.63. The number of aromatic nitrogens is 3. The predicted molar refractivity (Wildman–Crippen MR) is 67.1 cm³/mol. The zero-order valence-corrected chi connectivity index (χ0v) is 10.5. The molecule has 1 aromatic heterocycles. The first-order chi connectivity index (χ1) is 8.79. The third kappa shape index (κ3) is 1.83. The van der Waals surface area contributed by atoms with Crippen LogP contribution in [-0.2, 0) is 17.8 Å². The van der Waals surface area contributed by atoms with Gasteiger partial charge in [0.25, 0.3) is 0 Å². The summed E-state index contributed by atoms with van der Waals surface area (Å²) in [7, 11) is 0. The van der Waals surface area contributed by atoms with E-state index in [1.54, 1.807) is 0 Å². The molecule has 1 fully saturated rings. The molecule has 1 aromatic rings. The standard InChI is InChI=1S/C13H18N4O/c1-2-12(18)16-8-6-10(9-16)13-15-14-11-5-3-4-7-17(11)13/h2,10H,1,3-9H2. The average Bonchev–Trinajstić information content (AvgIpc) is 3.03. The van der Waals surface area contributed by atoms with Gasteiger partial charge in [-0.2, -0.15) is 0 Å². The fourth-order valence-corrected chi connectivity index (χ4v) is 2.93. The van der Waals surface area contributed by atoms with Crippen molar-refractivity contribution in [3.63, 3.8) is 0 Å². The molecule has 0 aromatic carbocycles. The summed E-state index contributed by atoms with van der Waals surface area (Å²) in [4.78, 5) is 13.4. The Morgan fingerprint density at radius 3 is 3.06 bits per heavy atom. The number of carbonyl (C=O) groups excluding carboxylic acids is 1. The van der Waals surface area contributed by atoms with E-state index in [2.05, 4.69) is 21.3 Å². The van der Waals surface area contributed by atoms with Crippen LogP contribution >= 0.6 is 0 Å². The molecule has 3 rings (SSSR count). The van der Waals surface area contributed by atoms with Gasteiger partial charge in [0, 0.05) is 32.0 Å². The van der Waals surface area contributed by atoms with Gasteiger partial charge in [-0.05, 0) is 25.3 Å². The van der Waals surface area contributed by atoms with Gasteiger partial charge in [-0.15, -0.1) is 10.2 Å². The molecule has 0 radical (unpaired) electrons. The molecular formula is C13H18N4O. The smallest absolute Gasteiger partial charge is 0.245 e. The number of rotatable bonds is 2. The highest BCUT2D eigenvalue weighted by Gasteiger charge is 2.30. The molecule has 2 aliphatic heterocycles. The quantitative estimate of drug-likeness (QED) is 0.735. The molecule has 0 saturated carbocycles. The van der Waals surface area contributed by atoms with Gasteiger partial charge >= 0.3 is 0 Å². The highest BCUT2D eigenvalue weighted by atomic mass is 16.2. The lowest BCUT2D eigenvalue weighted by Gasteiger charge is -2.18. The molecule has 0 N–H and O–H groups in total. The Balaban J connectivity index is 1.78. The summed E-state index contributed by atoms with van der Waals surface area (Å²) in [5.74, 6) is 2.55.